The smallest absolute Gasteiger partial charge is 0.329 e. The molecule has 0 saturated carbocycles. The molecule has 0 spiro atoms. The molecule has 2 aromatic rings. The first kappa shape index (κ1) is 17.1. The molecule has 2 unspecified atom stereocenters. The molecule has 1 aliphatic heterocycles. The van der Waals surface area contributed by atoms with Crippen LogP contribution in [-0.4, -0.2) is 35.2 Å². The van der Waals surface area contributed by atoms with Gasteiger partial charge in [-0.25, -0.2) is 4.79 Å². The lowest BCUT2D eigenvalue weighted by Crippen LogP contribution is -2.43. The van der Waals surface area contributed by atoms with Gasteiger partial charge in [0.1, 0.15) is 11.4 Å². The highest BCUT2D eigenvalue weighted by Gasteiger charge is 2.44. The van der Waals surface area contributed by atoms with Crippen LogP contribution in [0.4, 0.5) is 0 Å². The molecular formula is C17H19NO4S2. The Hall–Kier alpha value is -1.73. The number of amides is 1. The van der Waals surface area contributed by atoms with E-state index >= 15 is 0 Å². The minimum Gasteiger partial charge on any atom is -0.472 e. The van der Waals surface area contributed by atoms with Crippen molar-refractivity contribution in [2.45, 2.75) is 31.2 Å². The minimum atomic E-state index is -0.568. The largest absolute Gasteiger partial charge is 0.472 e. The minimum absolute atomic E-state index is 0.140. The number of rotatable bonds is 6. The van der Waals surface area contributed by atoms with Gasteiger partial charge in [0.25, 0.3) is 5.91 Å². The summed E-state index contributed by atoms with van der Waals surface area (Å²) in [5, 5.41) is 1.62. The molecule has 24 heavy (non-hydrogen) atoms. The van der Waals surface area contributed by atoms with Crippen LogP contribution >= 0.6 is 23.1 Å². The molecule has 128 valence electrons. The lowest BCUT2D eigenvalue weighted by Gasteiger charge is -2.27. The molecular weight excluding hydrogens is 346 g/mol. The highest BCUT2D eigenvalue weighted by molar-refractivity contribution is 7.99. The predicted molar refractivity (Wildman–Crippen MR) is 94.1 cm³/mol. The Morgan fingerprint density at radius 1 is 1.42 bits per heavy atom. The maximum Gasteiger partial charge on any atom is 0.329 e. The van der Waals surface area contributed by atoms with Crippen molar-refractivity contribution in [1.29, 1.82) is 0 Å². The zero-order chi connectivity index (χ0) is 16.9. The van der Waals surface area contributed by atoms with E-state index in [0.717, 1.165) is 18.4 Å². The molecule has 0 N–H and O–H groups in total. The van der Waals surface area contributed by atoms with Crippen molar-refractivity contribution < 1.29 is 18.7 Å². The van der Waals surface area contributed by atoms with Crippen LogP contribution in [-0.2, 0) is 9.53 Å². The van der Waals surface area contributed by atoms with Crippen molar-refractivity contribution in [3.8, 4) is 0 Å². The van der Waals surface area contributed by atoms with Crippen LogP contribution in [0.2, 0.25) is 0 Å². The number of hydrogen-bond donors (Lipinski definition) is 0. The zero-order valence-electron chi connectivity index (χ0n) is 13.3. The molecule has 1 saturated heterocycles. The Labute approximate surface area is 149 Å². The first-order valence-corrected chi connectivity index (χ1v) is 9.81. The number of furan rings is 1. The van der Waals surface area contributed by atoms with Gasteiger partial charge >= 0.3 is 5.97 Å². The summed E-state index contributed by atoms with van der Waals surface area (Å²) in [6.45, 7) is 2.44. The number of nitrogens with zero attached hydrogens (tertiary/aromatic N) is 1. The fourth-order valence-electron chi connectivity index (χ4n) is 2.55. The molecule has 5 nitrogen and oxygen atoms in total. The lowest BCUT2D eigenvalue weighted by atomic mass is 10.2. The van der Waals surface area contributed by atoms with Crippen LogP contribution in [0.15, 0.2) is 40.5 Å². The lowest BCUT2D eigenvalue weighted by molar-refractivity contribution is -0.148. The maximum atomic E-state index is 12.9. The molecule has 1 aliphatic rings. The number of esters is 1. The van der Waals surface area contributed by atoms with E-state index in [1.54, 1.807) is 35.3 Å². The van der Waals surface area contributed by atoms with E-state index in [4.69, 9.17) is 9.15 Å². The van der Waals surface area contributed by atoms with Crippen molar-refractivity contribution in [2.24, 2.45) is 0 Å². The van der Waals surface area contributed by atoms with Gasteiger partial charge in [-0.2, -0.15) is 0 Å². The van der Waals surface area contributed by atoms with E-state index in [0.29, 0.717) is 17.2 Å². The van der Waals surface area contributed by atoms with Gasteiger partial charge < -0.3 is 14.1 Å². The number of carbonyl (C=O) groups excluding carboxylic acids is 2. The molecule has 1 fully saturated rings. The quantitative estimate of drug-likeness (QED) is 0.573. The summed E-state index contributed by atoms with van der Waals surface area (Å²) in [6.07, 6.45) is 4.99. The van der Waals surface area contributed by atoms with Crippen molar-refractivity contribution >= 4 is 35.0 Å². The molecule has 0 bridgehead atoms. The Morgan fingerprint density at radius 3 is 2.96 bits per heavy atom. The summed E-state index contributed by atoms with van der Waals surface area (Å²) >= 11 is 2.93. The SMILES string of the molecule is CCCCOC(=O)C1CSC(c2ccoc2)N1C(=O)c1cccs1. The number of thioether (sulfide) groups is 1. The van der Waals surface area contributed by atoms with Gasteiger partial charge in [0.15, 0.2) is 0 Å². The Balaban J connectivity index is 1.82. The summed E-state index contributed by atoms with van der Waals surface area (Å²) in [5.41, 5.74) is 0.883. The van der Waals surface area contributed by atoms with Crippen LogP contribution in [0.25, 0.3) is 0 Å². The summed E-state index contributed by atoms with van der Waals surface area (Å²) in [4.78, 5) is 27.7. The highest BCUT2D eigenvalue weighted by atomic mass is 32.2. The van der Waals surface area contributed by atoms with Crippen LogP contribution in [0.5, 0.6) is 0 Å². The van der Waals surface area contributed by atoms with E-state index in [1.807, 2.05) is 24.4 Å². The van der Waals surface area contributed by atoms with Gasteiger partial charge in [0.05, 0.1) is 24.0 Å². The highest BCUT2D eigenvalue weighted by Crippen LogP contribution is 2.43. The maximum absolute atomic E-state index is 12.9. The van der Waals surface area contributed by atoms with Crippen molar-refractivity contribution in [3.63, 3.8) is 0 Å². The Bertz CT molecular complexity index is 669. The third-order valence-electron chi connectivity index (χ3n) is 3.81. The van der Waals surface area contributed by atoms with E-state index in [2.05, 4.69) is 0 Å². The van der Waals surface area contributed by atoms with Gasteiger partial charge in [-0.3, -0.25) is 4.79 Å². The molecule has 1 amide bonds. The van der Waals surface area contributed by atoms with Gasteiger partial charge in [-0.1, -0.05) is 19.4 Å². The molecule has 0 aliphatic carbocycles. The van der Waals surface area contributed by atoms with Gasteiger partial charge in [0, 0.05) is 11.3 Å². The van der Waals surface area contributed by atoms with E-state index in [1.165, 1.54) is 11.3 Å². The predicted octanol–water partition coefficient (Wildman–Crippen LogP) is 3.94. The average Bonchev–Trinajstić information content (AvgIpc) is 3.34. The molecule has 3 heterocycles. The summed E-state index contributed by atoms with van der Waals surface area (Å²) in [6, 6.07) is 4.88. The molecule has 7 heteroatoms. The zero-order valence-corrected chi connectivity index (χ0v) is 15.0. The average molecular weight is 365 g/mol. The van der Waals surface area contributed by atoms with Gasteiger partial charge in [-0.15, -0.1) is 23.1 Å². The molecule has 0 aromatic carbocycles. The standard InChI is InChI=1S/C17H19NO4S2/c1-2-3-7-22-17(20)13-11-24-16(12-6-8-21-10-12)18(13)15(19)14-5-4-9-23-14/h4-6,8-10,13,16H,2-3,7,11H2,1H3. The second-order valence-corrected chi connectivity index (χ2v) is 7.53. The number of ether oxygens (including phenoxy) is 1. The third kappa shape index (κ3) is 3.52. The number of hydrogen-bond acceptors (Lipinski definition) is 6. The van der Waals surface area contributed by atoms with Crippen molar-refractivity contribution in [3.05, 3.63) is 46.5 Å². The van der Waals surface area contributed by atoms with Crippen LogP contribution in [0.1, 0.15) is 40.4 Å². The van der Waals surface area contributed by atoms with E-state index in [-0.39, 0.29) is 17.3 Å². The van der Waals surface area contributed by atoms with E-state index in [9.17, 15) is 9.59 Å². The molecule has 3 rings (SSSR count). The summed E-state index contributed by atoms with van der Waals surface area (Å²) in [5.74, 6) is 0.0586. The van der Waals surface area contributed by atoms with Crippen LogP contribution < -0.4 is 0 Å². The first-order valence-electron chi connectivity index (χ1n) is 7.89. The topological polar surface area (TPSA) is 59.8 Å². The fourth-order valence-corrected chi connectivity index (χ4v) is 4.61. The summed E-state index contributed by atoms with van der Waals surface area (Å²) < 4.78 is 10.5. The van der Waals surface area contributed by atoms with Crippen LogP contribution in [0, 0.1) is 0 Å². The number of unbranched alkanes of at least 4 members (excludes halogenated alkanes) is 1. The molecule has 2 atom stereocenters. The normalized spacial score (nSPS) is 20.3. The van der Waals surface area contributed by atoms with Crippen molar-refractivity contribution in [1.82, 2.24) is 4.90 Å². The van der Waals surface area contributed by atoms with Crippen LogP contribution in [0.3, 0.4) is 0 Å². The number of thiophene rings is 1. The first-order chi connectivity index (χ1) is 11.7. The Morgan fingerprint density at radius 2 is 2.29 bits per heavy atom. The number of carbonyl (C=O) groups is 2. The van der Waals surface area contributed by atoms with Gasteiger partial charge in [-0.05, 0) is 23.9 Å². The molecule has 0 radical (unpaired) electrons. The second-order valence-electron chi connectivity index (χ2n) is 5.47. The molecule has 2 aromatic heterocycles. The third-order valence-corrected chi connectivity index (χ3v) is 5.99. The van der Waals surface area contributed by atoms with Crippen molar-refractivity contribution in [2.75, 3.05) is 12.4 Å². The van der Waals surface area contributed by atoms with E-state index < -0.39 is 6.04 Å². The monoisotopic (exact) mass is 365 g/mol. The second kappa shape index (κ2) is 7.90. The van der Waals surface area contributed by atoms with Gasteiger partial charge in [0.2, 0.25) is 0 Å². The Kier molecular flexibility index (Phi) is 5.63. The fraction of sp³-hybridized carbons (Fsp3) is 0.412. The summed E-state index contributed by atoms with van der Waals surface area (Å²) in [7, 11) is 0.